The zero-order valence-electron chi connectivity index (χ0n) is 31.4. The maximum absolute atomic E-state index is 13.4. The third-order valence-corrected chi connectivity index (χ3v) is 10.8. The van der Waals surface area contributed by atoms with Gasteiger partial charge in [0, 0.05) is 40.6 Å². The predicted octanol–water partition coefficient (Wildman–Crippen LogP) is 3.22. The van der Waals surface area contributed by atoms with E-state index < -0.39 is 34.2 Å². The van der Waals surface area contributed by atoms with E-state index in [1.165, 1.54) is 10.7 Å². The molecule has 2 fully saturated rings. The summed E-state index contributed by atoms with van der Waals surface area (Å²) >= 11 is 6.22. The summed E-state index contributed by atoms with van der Waals surface area (Å²) in [6.07, 6.45) is 1.65. The van der Waals surface area contributed by atoms with Crippen molar-refractivity contribution < 1.29 is 23.9 Å². The molecule has 3 heterocycles. The van der Waals surface area contributed by atoms with Crippen molar-refractivity contribution in [2.45, 2.75) is 65.3 Å². The molecule has 0 spiro atoms. The van der Waals surface area contributed by atoms with Crippen molar-refractivity contribution >= 4 is 51.8 Å². The van der Waals surface area contributed by atoms with E-state index in [1.807, 2.05) is 33.8 Å². The standard InChI is InChI=1S/C39H38ClN11O6/c1-38(2)36(39(3,4)37(38)57-26-11-7-22(17-41)28(40)16-26)45-33(54)21-5-9-25(10-6-21)50-20-24(46-48-50)18-43-32(53)19-42-23-8-12-29-27(15-23)35(56)51(49-47-29)30-13-14-31(52)44-34(30)55/h5-12,15-16,20,30,36-37,42H,13-14,18-19H2,1-4H3,(H,43,53)(H,45,54)(H,44,52,55)/t30?,36-,37-. The van der Waals surface area contributed by atoms with Gasteiger partial charge in [0.05, 0.1) is 40.9 Å². The van der Waals surface area contributed by atoms with Crippen LogP contribution in [0.2, 0.25) is 5.02 Å². The number of hydrogen-bond acceptors (Lipinski definition) is 12. The van der Waals surface area contributed by atoms with E-state index in [0.29, 0.717) is 44.5 Å². The second-order valence-electron chi connectivity index (χ2n) is 15.2. The number of nitrogens with one attached hydrogen (secondary N) is 4. The first-order valence-electron chi connectivity index (χ1n) is 18.1. The summed E-state index contributed by atoms with van der Waals surface area (Å²) in [5.41, 5.74) is 1.41. The van der Waals surface area contributed by atoms with E-state index in [4.69, 9.17) is 16.3 Å². The van der Waals surface area contributed by atoms with E-state index in [0.717, 1.165) is 4.68 Å². The first-order chi connectivity index (χ1) is 27.1. The molecule has 0 bridgehead atoms. The minimum absolute atomic E-state index is 0.0844. The molecule has 7 rings (SSSR count). The molecule has 2 aromatic heterocycles. The molecule has 5 aromatic rings. The summed E-state index contributed by atoms with van der Waals surface area (Å²) in [6.45, 7) is 8.14. The number of ether oxygens (including phenoxy) is 1. The zero-order valence-corrected chi connectivity index (χ0v) is 32.1. The lowest BCUT2D eigenvalue weighted by molar-refractivity contribution is -0.164. The summed E-state index contributed by atoms with van der Waals surface area (Å²) in [5, 5.41) is 37.1. The van der Waals surface area contributed by atoms with Gasteiger partial charge in [0.15, 0.2) is 0 Å². The van der Waals surface area contributed by atoms with Crippen LogP contribution in [0.1, 0.15) is 68.2 Å². The quantitative estimate of drug-likeness (QED) is 0.142. The maximum Gasteiger partial charge on any atom is 0.278 e. The third-order valence-electron chi connectivity index (χ3n) is 10.5. The van der Waals surface area contributed by atoms with Crippen molar-refractivity contribution in [2.75, 3.05) is 11.9 Å². The molecule has 57 heavy (non-hydrogen) atoms. The number of piperidine rings is 1. The highest BCUT2D eigenvalue weighted by molar-refractivity contribution is 6.31. The molecule has 18 heteroatoms. The van der Waals surface area contributed by atoms with E-state index in [-0.39, 0.29) is 55.3 Å². The third kappa shape index (κ3) is 7.63. The molecule has 1 aliphatic heterocycles. The van der Waals surface area contributed by atoms with Gasteiger partial charge in [0.25, 0.3) is 17.4 Å². The maximum atomic E-state index is 13.4. The number of aromatic nitrogens is 6. The van der Waals surface area contributed by atoms with Gasteiger partial charge >= 0.3 is 0 Å². The van der Waals surface area contributed by atoms with Gasteiger partial charge in [-0.05, 0) is 61.0 Å². The smallest absolute Gasteiger partial charge is 0.278 e. The number of amides is 4. The zero-order chi connectivity index (χ0) is 40.6. The monoisotopic (exact) mass is 791 g/mol. The van der Waals surface area contributed by atoms with Crippen LogP contribution in [0.4, 0.5) is 5.69 Å². The Hall–Kier alpha value is -6.67. The van der Waals surface area contributed by atoms with E-state index in [1.54, 1.807) is 60.8 Å². The van der Waals surface area contributed by atoms with Crippen molar-refractivity contribution in [1.82, 2.24) is 45.9 Å². The van der Waals surface area contributed by atoms with Crippen LogP contribution in [0.25, 0.3) is 16.6 Å². The molecule has 1 saturated heterocycles. The van der Waals surface area contributed by atoms with Gasteiger partial charge in [-0.1, -0.05) is 49.7 Å². The second kappa shape index (κ2) is 15.1. The SMILES string of the molecule is CC1(C)[C@H](NC(=O)c2ccc(-n3cc(CNC(=O)CNc4ccc5nnn(C6CCC(=O)NC6=O)c(=O)c5c4)nn3)cc2)C(C)(C)[C@H]1Oc1ccc(C#N)c(Cl)c1. The van der Waals surface area contributed by atoms with Gasteiger partial charge in [0.1, 0.15) is 35.2 Å². The first-order valence-corrected chi connectivity index (χ1v) is 18.5. The van der Waals surface area contributed by atoms with E-state index >= 15 is 0 Å². The Kier molecular flexibility index (Phi) is 10.2. The highest BCUT2D eigenvalue weighted by Crippen LogP contribution is 2.55. The van der Waals surface area contributed by atoms with Gasteiger partial charge in [-0.3, -0.25) is 29.3 Å². The van der Waals surface area contributed by atoms with Crippen LogP contribution in [0.15, 0.2) is 71.7 Å². The summed E-state index contributed by atoms with van der Waals surface area (Å²) in [4.78, 5) is 63.1. The number of halogens is 1. The lowest BCUT2D eigenvalue weighted by atomic mass is 9.49. The van der Waals surface area contributed by atoms with Crippen LogP contribution in [0.5, 0.6) is 5.75 Å². The van der Waals surface area contributed by atoms with Crippen LogP contribution in [0, 0.1) is 22.2 Å². The van der Waals surface area contributed by atoms with Crippen molar-refractivity contribution in [1.29, 1.82) is 5.26 Å². The summed E-state index contributed by atoms with van der Waals surface area (Å²) in [6, 6.07) is 17.5. The fourth-order valence-corrected chi connectivity index (χ4v) is 8.01. The lowest BCUT2D eigenvalue weighted by Gasteiger charge is -2.63. The number of carbonyl (C=O) groups excluding carboxylic acids is 4. The molecule has 1 unspecified atom stereocenters. The average molecular weight is 792 g/mol. The van der Waals surface area contributed by atoms with Crippen LogP contribution in [0.3, 0.4) is 0 Å². The molecular weight excluding hydrogens is 754 g/mol. The van der Waals surface area contributed by atoms with Gasteiger partial charge in [-0.25, -0.2) is 4.68 Å². The Balaban J connectivity index is 0.908. The number of rotatable bonds is 11. The highest BCUT2D eigenvalue weighted by atomic mass is 35.5. The number of fused-ring (bicyclic) bond motifs is 1. The lowest BCUT2D eigenvalue weighted by Crippen LogP contribution is -2.74. The Bertz CT molecular complexity index is 2510. The van der Waals surface area contributed by atoms with Crippen molar-refractivity contribution in [3.05, 3.63) is 99.1 Å². The van der Waals surface area contributed by atoms with Crippen molar-refractivity contribution in [2.24, 2.45) is 10.8 Å². The first kappa shape index (κ1) is 38.6. The largest absolute Gasteiger partial charge is 0.489 e. The van der Waals surface area contributed by atoms with Gasteiger partial charge in [-0.2, -0.15) is 9.94 Å². The normalized spacial score (nSPS) is 19.5. The number of imide groups is 1. The Morgan fingerprint density at radius 1 is 1.00 bits per heavy atom. The Morgan fingerprint density at radius 2 is 1.75 bits per heavy atom. The number of hydrogen-bond donors (Lipinski definition) is 4. The minimum Gasteiger partial charge on any atom is -0.489 e. The second-order valence-corrected chi connectivity index (χ2v) is 15.6. The summed E-state index contributed by atoms with van der Waals surface area (Å²) < 4.78 is 8.84. The molecule has 292 valence electrons. The van der Waals surface area contributed by atoms with Crippen LogP contribution < -0.4 is 31.6 Å². The Labute approximate surface area is 330 Å². The molecule has 17 nitrogen and oxygen atoms in total. The molecular formula is C39H38ClN11O6. The number of nitrogens with zero attached hydrogens (tertiary/aromatic N) is 7. The molecule has 1 aliphatic carbocycles. The number of benzene rings is 3. The fourth-order valence-electron chi connectivity index (χ4n) is 7.80. The van der Waals surface area contributed by atoms with E-state index in [9.17, 15) is 29.2 Å². The summed E-state index contributed by atoms with van der Waals surface area (Å²) in [7, 11) is 0. The van der Waals surface area contributed by atoms with E-state index in [2.05, 4.69) is 41.9 Å². The average Bonchev–Trinajstić information content (AvgIpc) is 3.67. The number of nitriles is 1. The minimum atomic E-state index is -0.948. The van der Waals surface area contributed by atoms with Gasteiger partial charge < -0.3 is 20.7 Å². The molecule has 1 saturated carbocycles. The topological polar surface area (TPSA) is 228 Å². The van der Waals surface area contributed by atoms with Crippen LogP contribution >= 0.6 is 11.6 Å². The van der Waals surface area contributed by atoms with Crippen molar-refractivity contribution in [3.8, 4) is 17.5 Å². The van der Waals surface area contributed by atoms with Crippen LogP contribution in [-0.2, 0) is 20.9 Å². The number of anilines is 1. The van der Waals surface area contributed by atoms with Gasteiger partial charge in [0.2, 0.25) is 11.8 Å². The molecule has 1 atom stereocenters. The van der Waals surface area contributed by atoms with Crippen LogP contribution in [-0.4, -0.2) is 72.3 Å². The molecule has 4 N–H and O–H groups in total. The van der Waals surface area contributed by atoms with Gasteiger partial charge in [-0.15, -0.1) is 10.2 Å². The molecule has 2 aliphatic rings. The fraction of sp³-hybridized carbons (Fsp3) is 0.333. The van der Waals surface area contributed by atoms with Crippen molar-refractivity contribution in [3.63, 3.8) is 0 Å². The summed E-state index contributed by atoms with van der Waals surface area (Å²) in [5.74, 6) is -1.04. The molecule has 0 radical (unpaired) electrons. The molecule has 3 aromatic carbocycles. The predicted molar refractivity (Wildman–Crippen MR) is 206 cm³/mol. The Morgan fingerprint density at radius 3 is 2.46 bits per heavy atom. The highest BCUT2D eigenvalue weighted by Gasteiger charge is 2.64. The molecule has 4 amide bonds. The number of carbonyl (C=O) groups is 4.